The van der Waals surface area contributed by atoms with Gasteiger partial charge >= 0.3 is 5.97 Å². The van der Waals surface area contributed by atoms with Crippen LogP contribution in [-0.2, 0) is 4.74 Å². The van der Waals surface area contributed by atoms with Crippen LogP contribution >= 0.6 is 54.5 Å². The van der Waals surface area contributed by atoms with Crippen LogP contribution < -0.4 is 4.65 Å². The zero-order valence-electron chi connectivity index (χ0n) is 13.8. The topological polar surface area (TPSA) is 65.5 Å². The second-order valence-electron chi connectivity index (χ2n) is 5.88. The van der Waals surface area contributed by atoms with E-state index in [1.807, 2.05) is 16.4 Å². The van der Waals surface area contributed by atoms with E-state index in [-0.39, 0.29) is 6.67 Å². The Morgan fingerprint density at radius 3 is 3.00 bits per heavy atom. The van der Waals surface area contributed by atoms with Gasteiger partial charge in [0.15, 0.2) is 0 Å². The third-order valence-electron chi connectivity index (χ3n) is 3.97. The lowest BCUT2D eigenvalue weighted by Crippen LogP contribution is -2.50. The number of carbonyl (C=O) groups is 1. The molecule has 0 bridgehead atoms. The number of ether oxygens (including phenoxy) is 1. The highest BCUT2D eigenvalue weighted by Gasteiger charge is 2.46. The largest absolute Gasteiger partial charge is 0.622 e. The smallest absolute Gasteiger partial charge is 0.352 e. The molecule has 1 aliphatic rings. The van der Waals surface area contributed by atoms with Crippen LogP contribution in [0.4, 0.5) is 5.13 Å². The summed E-state index contributed by atoms with van der Waals surface area (Å²) in [7, 11) is 0. The van der Waals surface area contributed by atoms with E-state index < -0.39 is 16.8 Å². The third kappa shape index (κ3) is 4.44. The predicted molar refractivity (Wildman–Crippen MR) is 112 cm³/mol. The Morgan fingerprint density at radius 2 is 2.38 bits per heavy atom. The fraction of sp³-hybridized carbons (Fsp3) is 0.375. The average molecular weight is 523 g/mol. The lowest BCUT2D eigenvalue weighted by molar-refractivity contribution is 0.00614. The van der Waals surface area contributed by atoms with Crippen molar-refractivity contribution >= 4 is 65.6 Å². The predicted octanol–water partition coefficient (Wildman–Crippen LogP) is 4.96. The van der Waals surface area contributed by atoms with Crippen LogP contribution in [0, 0.1) is 5.21 Å². The number of unbranched alkanes of at least 4 members (excludes halogenated alkanes) is 1. The first-order valence-corrected chi connectivity index (χ1v) is 11.2. The quantitative estimate of drug-likeness (QED) is 0.169. The van der Waals surface area contributed by atoms with Crippen molar-refractivity contribution in [2.24, 2.45) is 0 Å². The van der Waals surface area contributed by atoms with Crippen molar-refractivity contribution in [3.63, 3.8) is 0 Å². The molecule has 140 valence electrons. The van der Waals surface area contributed by atoms with E-state index in [9.17, 15) is 10.0 Å². The van der Waals surface area contributed by atoms with Gasteiger partial charge < -0.3 is 9.94 Å². The van der Waals surface area contributed by atoms with Crippen LogP contribution in [0.5, 0.6) is 0 Å². The maximum absolute atomic E-state index is 13.6. The van der Waals surface area contributed by atoms with Gasteiger partial charge in [0.1, 0.15) is 11.5 Å². The average Bonchev–Trinajstić information content (AvgIpc) is 3.29. The minimum absolute atomic E-state index is 0.211. The summed E-state index contributed by atoms with van der Waals surface area (Å²) in [6.07, 6.45) is 4.41. The Labute approximate surface area is 176 Å². The number of thiazole rings is 1. The summed E-state index contributed by atoms with van der Waals surface area (Å²) in [6.45, 7) is 5.07. The summed E-state index contributed by atoms with van der Waals surface area (Å²) < 4.78 is 6.45. The van der Waals surface area contributed by atoms with Gasteiger partial charge in [0.25, 0.3) is 11.4 Å². The molecule has 26 heavy (non-hydrogen) atoms. The molecule has 0 N–H and O–H groups in total. The number of allylic oxidation sites excluding steroid dienone is 1. The fourth-order valence-corrected chi connectivity index (χ4v) is 5.31. The summed E-state index contributed by atoms with van der Waals surface area (Å²) in [5.74, 6) is -0.479. The molecular formula is C16H17Br2N3O3S2. The van der Waals surface area contributed by atoms with Crippen LogP contribution in [0.1, 0.15) is 22.5 Å². The first-order chi connectivity index (χ1) is 12.4. The molecule has 10 heteroatoms. The number of halogens is 2. The summed E-state index contributed by atoms with van der Waals surface area (Å²) in [5.41, 5.74) is 0. The fourth-order valence-electron chi connectivity index (χ4n) is 2.75. The van der Waals surface area contributed by atoms with Crippen molar-refractivity contribution in [1.82, 2.24) is 14.5 Å². The highest BCUT2D eigenvalue weighted by Crippen LogP contribution is 2.37. The van der Waals surface area contributed by atoms with E-state index >= 15 is 0 Å². The molecule has 3 heterocycles. The molecule has 1 saturated heterocycles. The molecule has 0 saturated carbocycles. The number of nitrogens with zero attached hydrogens (tertiary/aromatic N) is 3. The third-order valence-corrected chi connectivity index (χ3v) is 7.23. The number of aromatic nitrogens is 1. The maximum Gasteiger partial charge on any atom is 0.352 e. The van der Waals surface area contributed by atoms with Gasteiger partial charge in [0.05, 0.1) is 16.5 Å². The van der Waals surface area contributed by atoms with E-state index in [1.54, 1.807) is 12.3 Å². The van der Waals surface area contributed by atoms with Crippen molar-refractivity contribution < 1.29 is 9.53 Å². The molecule has 2 atom stereocenters. The number of thiophene rings is 1. The van der Waals surface area contributed by atoms with E-state index in [0.29, 0.717) is 16.6 Å². The minimum Gasteiger partial charge on any atom is -0.622 e. The number of quaternary nitrogens is 1. The van der Waals surface area contributed by atoms with Gasteiger partial charge in [-0.3, -0.25) is 4.65 Å². The second-order valence-corrected chi connectivity index (χ2v) is 10.1. The van der Waals surface area contributed by atoms with Gasteiger partial charge in [0, 0.05) is 16.4 Å². The van der Waals surface area contributed by atoms with Crippen molar-refractivity contribution in [3.05, 3.63) is 48.6 Å². The standard InChI is InChI=1S/C16H17Br2N3O3S2/c1-2-3-4-5-20-8-14(24-15(22)12-6-11(17)9-25-12)21(23,10-20)16-19-7-13(18)26-16/h2,6-7,9,14H,1,3-5,8,10H2. The van der Waals surface area contributed by atoms with Gasteiger partial charge in [-0.05, 0) is 62.1 Å². The van der Waals surface area contributed by atoms with E-state index in [1.165, 1.54) is 22.7 Å². The molecule has 2 aromatic rings. The van der Waals surface area contributed by atoms with Crippen LogP contribution in [0.15, 0.2) is 38.6 Å². The van der Waals surface area contributed by atoms with Crippen LogP contribution in [0.2, 0.25) is 0 Å². The Bertz CT molecular complexity index is 797. The van der Waals surface area contributed by atoms with Crippen molar-refractivity contribution in [3.8, 4) is 0 Å². The normalized spacial score (nSPS) is 23.3. The van der Waals surface area contributed by atoms with Gasteiger partial charge in [-0.2, -0.15) is 4.98 Å². The molecule has 2 unspecified atom stereocenters. The first kappa shape index (κ1) is 20.1. The van der Waals surface area contributed by atoms with E-state index in [4.69, 9.17) is 4.74 Å². The zero-order chi connectivity index (χ0) is 18.7. The van der Waals surface area contributed by atoms with Gasteiger partial charge in [-0.1, -0.05) is 6.08 Å². The number of rotatable bonds is 7. The SMILES string of the molecule is C=CCCCN1CC(OC(=O)c2cc(Br)cs2)[N+]([O-])(c2ncc(Br)s2)C1. The molecule has 2 aromatic heterocycles. The monoisotopic (exact) mass is 521 g/mol. The van der Waals surface area contributed by atoms with Gasteiger partial charge in [0.2, 0.25) is 0 Å². The zero-order valence-corrected chi connectivity index (χ0v) is 18.6. The maximum atomic E-state index is 13.6. The minimum atomic E-state index is -0.842. The molecule has 3 rings (SSSR count). The number of hydrogen-bond donors (Lipinski definition) is 0. The lowest BCUT2D eigenvalue weighted by Gasteiger charge is -2.38. The van der Waals surface area contributed by atoms with Crippen LogP contribution in [0.3, 0.4) is 0 Å². The van der Waals surface area contributed by atoms with Crippen LogP contribution in [0.25, 0.3) is 0 Å². The Kier molecular flexibility index (Phi) is 6.65. The van der Waals surface area contributed by atoms with Crippen molar-refractivity contribution in [2.75, 3.05) is 19.8 Å². The molecule has 0 radical (unpaired) electrons. The number of hydrogen-bond acceptors (Lipinski definition) is 7. The second kappa shape index (κ2) is 8.59. The molecule has 1 aliphatic heterocycles. The molecule has 0 aliphatic carbocycles. The summed E-state index contributed by atoms with van der Waals surface area (Å²) >= 11 is 9.23. The lowest BCUT2D eigenvalue weighted by atomic mass is 10.3. The Hall–Kier alpha value is -0.620. The van der Waals surface area contributed by atoms with Gasteiger partial charge in [-0.15, -0.1) is 17.9 Å². The molecule has 0 amide bonds. The van der Waals surface area contributed by atoms with Gasteiger partial charge in [-0.25, -0.2) is 9.69 Å². The summed E-state index contributed by atoms with van der Waals surface area (Å²) in [4.78, 5) is 19.2. The summed E-state index contributed by atoms with van der Waals surface area (Å²) in [5, 5.41) is 15.8. The van der Waals surface area contributed by atoms with E-state index in [2.05, 4.69) is 43.4 Å². The van der Waals surface area contributed by atoms with Crippen molar-refractivity contribution in [1.29, 1.82) is 0 Å². The number of esters is 1. The highest BCUT2D eigenvalue weighted by atomic mass is 79.9. The number of hydroxylamine groups is 2. The molecular weight excluding hydrogens is 506 g/mol. The molecule has 6 nitrogen and oxygen atoms in total. The van der Waals surface area contributed by atoms with E-state index in [0.717, 1.165) is 27.6 Å². The van der Waals surface area contributed by atoms with Crippen molar-refractivity contribution in [2.45, 2.75) is 19.1 Å². The first-order valence-electron chi connectivity index (χ1n) is 7.91. The molecule has 0 spiro atoms. The Balaban J connectivity index is 1.79. The van der Waals surface area contributed by atoms with Crippen LogP contribution in [-0.4, -0.2) is 41.8 Å². The molecule has 1 fully saturated rings. The molecule has 0 aromatic carbocycles. The highest BCUT2D eigenvalue weighted by molar-refractivity contribution is 9.11. The number of carbonyl (C=O) groups excluding carboxylic acids is 1. The Morgan fingerprint density at radius 1 is 1.58 bits per heavy atom. The summed E-state index contributed by atoms with van der Waals surface area (Å²) in [6, 6.07) is 1.70.